The number of aromatic amines is 1. The average molecular weight is 424 g/mol. The van der Waals surface area contributed by atoms with Gasteiger partial charge in [-0.3, -0.25) is 14.4 Å². The Morgan fingerprint density at radius 1 is 0.903 bits per heavy atom. The van der Waals surface area contributed by atoms with Crippen LogP contribution in [0.3, 0.4) is 0 Å². The van der Waals surface area contributed by atoms with Crippen molar-refractivity contribution in [3.8, 4) is 17.2 Å². The van der Waals surface area contributed by atoms with Crippen molar-refractivity contribution in [1.29, 1.82) is 0 Å². The van der Waals surface area contributed by atoms with Crippen molar-refractivity contribution in [1.82, 2.24) is 9.55 Å². The molecule has 10 heteroatoms. The second-order valence-electron chi connectivity index (χ2n) is 6.40. The summed E-state index contributed by atoms with van der Waals surface area (Å²) in [6.07, 6.45) is 1.06. The van der Waals surface area contributed by atoms with Gasteiger partial charge in [-0.05, 0) is 36.4 Å². The molecular weight excluding hydrogens is 404 g/mol. The Bertz CT molecular complexity index is 1240. The van der Waals surface area contributed by atoms with E-state index in [1.807, 2.05) is 0 Å². The highest BCUT2D eigenvalue weighted by atomic mass is 16.5. The standard InChI is InChI=1S/C21H20N4O6/c1-12(26)23-13-4-6-14(7-5-13)24-19(27)16-11-22-21(29)25(20(16)28)15-8-9-17(30-2)18(10-15)31-3/h4-11H,1-3H3,(H,22,29)(H,23,26)(H,24,27). The third-order valence-corrected chi connectivity index (χ3v) is 4.31. The summed E-state index contributed by atoms with van der Waals surface area (Å²) in [5.41, 5.74) is -0.608. The molecule has 0 aliphatic rings. The molecule has 0 radical (unpaired) electrons. The molecule has 0 unspecified atom stereocenters. The van der Waals surface area contributed by atoms with E-state index in [0.29, 0.717) is 22.9 Å². The van der Waals surface area contributed by atoms with Gasteiger partial charge in [0.15, 0.2) is 11.5 Å². The summed E-state index contributed by atoms with van der Waals surface area (Å²) in [7, 11) is 2.89. The molecule has 0 atom stereocenters. The van der Waals surface area contributed by atoms with Crippen molar-refractivity contribution < 1.29 is 19.1 Å². The topological polar surface area (TPSA) is 132 Å². The lowest BCUT2D eigenvalue weighted by Gasteiger charge is -2.11. The SMILES string of the molecule is COc1ccc(-n2c(=O)[nH]cc(C(=O)Nc3ccc(NC(C)=O)cc3)c2=O)cc1OC. The monoisotopic (exact) mass is 424 g/mol. The molecule has 1 aromatic heterocycles. The minimum atomic E-state index is -0.802. The van der Waals surface area contributed by atoms with E-state index in [9.17, 15) is 19.2 Å². The minimum absolute atomic E-state index is 0.207. The lowest BCUT2D eigenvalue weighted by atomic mass is 10.2. The highest BCUT2D eigenvalue weighted by molar-refractivity contribution is 6.04. The maximum atomic E-state index is 12.9. The molecule has 3 aromatic rings. The summed E-state index contributed by atoms with van der Waals surface area (Å²) in [4.78, 5) is 51.4. The summed E-state index contributed by atoms with van der Waals surface area (Å²) >= 11 is 0. The van der Waals surface area contributed by atoms with Crippen molar-refractivity contribution in [2.24, 2.45) is 0 Å². The van der Waals surface area contributed by atoms with Crippen LogP contribution in [0.2, 0.25) is 0 Å². The number of carbonyl (C=O) groups is 2. The van der Waals surface area contributed by atoms with Gasteiger partial charge in [0, 0.05) is 30.6 Å². The van der Waals surface area contributed by atoms with Crippen molar-refractivity contribution in [3.63, 3.8) is 0 Å². The Morgan fingerprint density at radius 2 is 1.52 bits per heavy atom. The Balaban J connectivity index is 1.93. The molecule has 0 fully saturated rings. The molecule has 0 saturated heterocycles. The zero-order chi connectivity index (χ0) is 22.5. The van der Waals surface area contributed by atoms with Gasteiger partial charge < -0.3 is 25.1 Å². The van der Waals surface area contributed by atoms with Crippen LogP contribution in [0.4, 0.5) is 11.4 Å². The van der Waals surface area contributed by atoms with Gasteiger partial charge in [-0.25, -0.2) is 9.36 Å². The minimum Gasteiger partial charge on any atom is -0.493 e. The lowest BCUT2D eigenvalue weighted by molar-refractivity contribution is -0.114. The number of carbonyl (C=O) groups excluding carboxylic acids is 2. The number of hydrogen-bond acceptors (Lipinski definition) is 6. The van der Waals surface area contributed by atoms with Crippen LogP contribution in [0.1, 0.15) is 17.3 Å². The van der Waals surface area contributed by atoms with E-state index in [1.165, 1.54) is 33.3 Å². The second-order valence-corrected chi connectivity index (χ2v) is 6.40. The van der Waals surface area contributed by atoms with E-state index < -0.39 is 17.2 Å². The van der Waals surface area contributed by atoms with Crippen molar-refractivity contribution in [2.75, 3.05) is 24.9 Å². The number of aromatic nitrogens is 2. The van der Waals surface area contributed by atoms with Crippen LogP contribution < -0.4 is 31.4 Å². The zero-order valence-corrected chi connectivity index (χ0v) is 17.0. The number of methoxy groups -OCH3 is 2. The van der Waals surface area contributed by atoms with Gasteiger partial charge in [0.1, 0.15) is 5.56 Å². The number of ether oxygens (including phenoxy) is 2. The molecule has 2 amide bonds. The van der Waals surface area contributed by atoms with Crippen molar-refractivity contribution >= 4 is 23.2 Å². The quantitative estimate of drug-likeness (QED) is 0.553. The number of nitrogens with zero attached hydrogens (tertiary/aromatic N) is 1. The van der Waals surface area contributed by atoms with Gasteiger partial charge in [-0.2, -0.15) is 0 Å². The van der Waals surface area contributed by atoms with Gasteiger partial charge in [-0.1, -0.05) is 0 Å². The molecule has 3 rings (SSSR count). The highest BCUT2D eigenvalue weighted by Gasteiger charge is 2.17. The summed E-state index contributed by atoms with van der Waals surface area (Å²) in [5, 5.41) is 5.20. The first-order valence-corrected chi connectivity index (χ1v) is 9.10. The first kappa shape index (κ1) is 21.4. The molecule has 10 nitrogen and oxygen atoms in total. The summed E-state index contributed by atoms with van der Waals surface area (Å²) < 4.78 is 11.2. The second kappa shape index (κ2) is 8.99. The maximum Gasteiger partial charge on any atom is 0.333 e. The largest absolute Gasteiger partial charge is 0.493 e. The van der Waals surface area contributed by atoms with Gasteiger partial charge in [0.05, 0.1) is 19.9 Å². The van der Waals surface area contributed by atoms with E-state index >= 15 is 0 Å². The number of H-pyrrole nitrogens is 1. The fourth-order valence-corrected chi connectivity index (χ4v) is 2.87. The summed E-state index contributed by atoms with van der Waals surface area (Å²) in [6.45, 7) is 1.38. The van der Waals surface area contributed by atoms with Crippen LogP contribution in [0.25, 0.3) is 5.69 Å². The van der Waals surface area contributed by atoms with Gasteiger partial charge in [0.2, 0.25) is 5.91 Å². The molecular formula is C21H20N4O6. The number of rotatable bonds is 6. The van der Waals surface area contributed by atoms with Gasteiger partial charge >= 0.3 is 5.69 Å². The summed E-state index contributed by atoms with van der Waals surface area (Å²) in [5.74, 6) is -0.184. The molecule has 0 saturated carbocycles. The van der Waals surface area contributed by atoms with E-state index in [-0.39, 0.29) is 17.2 Å². The Labute approximate surface area is 176 Å². The predicted octanol–water partition coefficient (Wildman–Crippen LogP) is 1.75. The molecule has 3 N–H and O–H groups in total. The van der Waals surface area contributed by atoms with E-state index in [4.69, 9.17) is 9.47 Å². The van der Waals surface area contributed by atoms with Crippen LogP contribution in [0.15, 0.2) is 58.3 Å². The fourth-order valence-electron chi connectivity index (χ4n) is 2.87. The van der Waals surface area contributed by atoms with Crippen LogP contribution in [-0.2, 0) is 4.79 Å². The van der Waals surface area contributed by atoms with E-state index in [0.717, 1.165) is 10.8 Å². The molecule has 2 aromatic carbocycles. The molecule has 31 heavy (non-hydrogen) atoms. The van der Waals surface area contributed by atoms with Gasteiger partial charge in [0.25, 0.3) is 11.5 Å². The Kier molecular flexibility index (Phi) is 6.20. The van der Waals surface area contributed by atoms with Crippen LogP contribution in [-0.4, -0.2) is 35.6 Å². The van der Waals surface area contributed by atoms with E-state index in [1.54, 1.807) is 30.3 Å². The average Bonchev–Trinajstić information content (AvgIpc) is 2.74. The number of amides is 2. The zero-order valence-electron chi connectivity index (χ0n) is 17.0. The highest BCUT2D eigenvalue weighted by Crippen LogP contribution is 2.28. The molecule has 0 aliphatic heterocycles. The fraction of sp³-hybridized carbons (Fsp3) is 0.143. The van der Waals surface area contributed by atoms with E-state index in [2.05, 4.69) is 15.6 Å². The van der Waals surface area contributed by atoms with Crippen molar-refractivity contribution in [2.45, 2.75) is 6.92 Å². The maximum absolute atomic E-state index is 12.9. The van der Waals surface area contributed by atoms with Gasteiger partial charge in [-0.15, -0.1) is 0 Å². The lowest BCUT2D eigenvalue weighted by Crippen LogP contribution is -2.38. The molecule has 0 bridgehead atoms. The molecule has 1 heterocycles. The molecule has 0 aliphatic carbocycles. The predicted molar refractivity (Wildman–Crippen MR) is 114 cm³/mol. The third kappa shape index (κ3) is 4.64. The van der Waals surface area contributed by atoms with Crippen LogP contribution in [0.5, 0.6) is 11.5 Å². The first-order valence-electron chi connectivity index (χ1n) is 9.10. The third-order valence-electron chi connectivity index (χ3n) is 4.31. The smallest absolute Gasteiger partial charge is 0.333 e. The number of anilines is 2. The normalized spacial score (nSPS) is 10.3. The van der Waals surface area contributed by atoms with Crippen LogP contribution >= 0.6 is 0 Å². The number of nitrogens with one attached hydrogen (secondary N) is 3. The number of hydrogen-bond donors (Lipinski definition) is 3. The Morgan fingerprint density at radius 3 is 2.10 bits per heavy atom. The first-order chi connectivity index (χ1) is 14.8. The summed E-state index contributed by atoms with van der Waals surface area (Å²) in [6, 6.07) is 10.8. The molecule has 0 spiro atoms. The van der Waals surface area contributed by atoms with Crippen LogP contribution in [0, 0.1) is 0 Å². The molecule has 160 valence electrons. The number of benzene rings is 2. The Hall–Kier alpha value is -4.34. The van der Waals surface area contributed by atoms with Crippen molar-refractivity contribution in [3.05, 3.63) is 75.1 Å².